The van der Waals surface area contributed by atoms with Crippen LogP contribution in [0.3, 0.4) is 0 Å². The molecular formula is C16H31NO. The third-order valence-electron chi connectivity index (χ3n) is 4.97. The monoisotopic (exact) mass is 253 g/mol. The molecule has 0 heterocycles. The number of hydrogen-bond donors (Lipinski definition) is 1. The van der Waals surface area contributed by atoms with E-state index in [0.29, 0.717) is 11.5 Å². The minimum atomic E-state index is 0.126. The summed E-state index contributed by atoms with van der Waals surface area (Å²) < 4.78 is 6.32. The molecule has 0 amide bonds. The van der Waals surface area contributed by atoms with Crippen molar-refractivity contribution in [1.82, 2.24) is 5.32 Å². The molecule has 18 heavy (non-hydrogen) atoms. The van der Waals surface area contributed by atoms with Gasteiger partial charge >= 0.3 is 0 Å². The first-order chi connectivity index (χ1) is 8.53. The largest absolute Gasteiger partial charge is 0.374 e. The van der Waals surface area contributed by atoms with Crippen LogP contribution in [-0.2, 0) is 4.74 Å². The van der Waals surface area contributed by atoms with E-state index in [9.17, 15) is 0 Å². The smallest absolute Gasteiger partial charge is 0.0837 e. The van der Waals surface area contributed by atoms with Gasteiger partial charge in [0.1, 0.15) is 0 Å². The van der Waals surface area contributed by atoms with Gasteiger partial charge in [0.25, 0.3) is 0 Å². The van der Waals surface area contributed by atoms with Crippen LogP contribution >= 0.6 is 0 Å². The van der Waals surface area contributed by atoms with Crippen LogP contribution in [-0.4, -0.2) is 24.8 Å². The van der Waals surface area contributed by atoms with E-state index < -0.39 is 0 Å². The van der Waals surface area contributed by atoms with Crippen LogP contribution in [0.15, 0.2) is 0 Å². The Hall–Kier alpha value is -0.0800. The average Bonchev–Trinajstić information content (AvgIpc) is 3.14. The van der Waals surface area contributed by atoms with Crippen molar-refractivity contribution in [2.45, 2.75) is 77.9 Å². The second kappa shape index (κ2) is 5.50. The Bertz CT molecular complexity index is 260. The Morgan fingerprint density at radius 1 is 1.11 bits per heavy atom. The number of likely N-dealkylation sites (N-methyl/N-ethyl adjacent to an activating group) is 1. The van der Waals surface area contributed by atoms with E-state index in [2.05, 4.69) is 33.0 Å². The van der Waals surface area contributed by atoms with Crippen LogP contribution in [0.4, 0.5) is 0 Å². The van der Waals surface area contributed by atoms with Gasteiger partial charge < -0.3 is 10.1 Å². The summed E-state index contributed by atoms with van der Waals surface area (Å²) in [5.41, 5.74) is 0.641. The molecule has 2 heteroatoms. The predicted octanol–water partition coefficient (Wildman–Crippen LogP) is 3.75. The number of ether oxygens (including phenoxy) is 1. The SMILES string of the molecule is CCNC(C1CC1)C1(OCC)CCC(C)(C)CC1. The average molecular weight is 253 g/mol. The van der Waals surface area contributed by atoms with Gasteiger partial charge in [-0.05, 0) is 63.3 Å². The fourth-order valence-electron chi connectivity index (χ4n) is 3.61. The quantitative estimate of drug-likeness (QED) is 0.778. The van der Waals surface area contributed by atoms with Crippen molar-refractivity contribution in [3.63, 3.8) is 0 Å². The second-order valence-corrected chi connectivity index (χ2v) is 7.03. The standard InChI is InChI=1S/C16H31NO/c1-5-17-14(13-7-8-13)16(18-6-2)11-9-15(3,4)10-12-16/h13-14,17H,5-12H2,1-4H3. The van der Waals surface area contributed by atoms with Gasteiger partial charge in [-0.2, -0.15) is 0 Å². The fourth-order valence-corrected chi connectivity index (χ4v) is 3.61. The second-order valence-electron chi connectivity index (χ2n) is 7.03. The molecule has 0 saturated heterocycles. The maximum Gasteiger partial charge on any atom is 0.0837 e. The lowest BCUT2D eigenvalue weighted by Gasteiger charge is -2.48. The van der Waals surface area contributed by atoms with Crippen LogP contribution in [0.25, 0.3) is 0 Å². The summed E-state index contributed by atoms with van der Waals surface area (Å²) in [7, 11) is 0. The summed E-state index contributed by atoms with van der Waals surface area (Å²) in [6, 6.07) is 0.596. The molecule has 1 N–H and O–H groups in total. The molecule has 0 aromatic carbocycles. The van der Waals surface area contributed by atoms with Gasteiger partial charge in [-0.1, -0.05) is 20.8 Å². The molecule has 2 saturated carbocycles. The van der Waals surface area contributed by atoms with E-state index in [1.165, 1.54) is 38.5 Å². The summed E-state index contributed by atoms with van der Waals surface area (Å²) in [6.45, 7) is 11.1. The topological polar surface area (TPSA) is 21.3 Å². The molecule has 2 rings (SSSR count). The molecule has 0 radical (unpaired) electrons. The van der Waals surface area contributed by atoms with E-state index in [1.54, 1.807) is 0 Å². The van der Waals surface area contributed by atoms with E-state index in [0.717, 1.165) is 19.1 Å². The van der Waals surface area contributed by atoms with Crippen LogP contribution < -0.4 is 5.32 Å². The van der Waals surface area contributed by atoms with Crippen molar-refractivity contribution in [2.75, 3.05) is 13.2 Å². The highest BCUT2D eigenvalue weighted by atomic mass is 16.5. The van der Waals surface area contributed by atoms with Crippen molar-refractivity contribution >= 4 is 0 Å². The molecule has 2 aliphatic rings. The first kappa shape index (κ1) is 14.3. The Morgan fingerprint density at radius 3 is 2.17 bits per heavy atom. The van der Waals surface area contributed by atoms with Gasteiger partial charge in [0, 0.05) is 12.6 Å². The molecule has 2 aliphatic carbocycles. The van der Waals surface area contributed by atoms with Crippen LogP contribution in [0.5, 0.6) is 0 Å². The van der Waals surface area contributed by atoms with E-state index in [-0.39, 0.29) is 5.60 Å². The number of nitrogens with one attached hydrogen (secondary N) is 1. The molecule has 0 bridgehead atoms. The minimum Gasteiger partial charge on any atom is -0.374 e. The normalized spacial score (nSPS) is 28.0. The Morgan fingerprint density at radius 2 is 1.72 bits per heavy atom. The Balaban J connectivity index is 2.10. The van der Waals surface area contributed by atoms with Gasteiger partial charge in [0.05, 0.1) is 5.60 Å². The lowest BCUT2D eigenvalue weighted by molar-refractivity contribution is -0.110. The molecule has 0 spiro atoms. The zero-order chi connectivity index (χ0) is 13.2. The van der Waals surface area contributed by atoms with Gasteiger partial charge in [0.15, 0.2) is 0 Å². The van der Waals surface area contributed by atoms with Crippen LogP contribution in [0.2, 0.25) is 0 Å². The molecule has 0 aromatic heterocycles. The van der Waals surface area contributed by atoms with Crippen molar-refractivity contribution < 1.29 is 4.74 Å². The van der Waals surface area contributed by atoms with Crippen LogP contribution in [0, 0.1) is 11.3 Å². The lowest BCUT2D eigenvalue weighted by Crippen LogP contribution is -2.56. The molecular weight excluding hydrogens is 222 g/mol. The van der Waals surface area contributed by atoms with Crippen molar-refractivity contribution in [1.29, 1.82) is 0 Å². The first-order valence-corrected chi connectivity index (χ1v) is 7.90. The summed E-state index contributed by atoms with van der Waals surface area (Å²) in [5, 5.41) is 3.74. The molecule has 1 unspecified atom stereocenters. The van der Waals surface area contributed by atoms with Crippen molar-refractivity contribution in [3.8, 4) is 0 Å². The van der Waals surface area contributed by atoms with Gasteiger partial charge in [-0.3, -0.25) is 0 Å². The van der Waals surface area contributed by atoms with Gasteiger partial charge in [-0.15, -0.1) is 0 Å². The van der Waals surface area contributed by atoms with E-state index >= 15 is 0 Å². The maximum absolute atomic E-state index is 6.32. The maximum atomic E-state index is 6.32. The summed E-state index contributed by atoms with van der Waals surface area (Å²) in [4.78, 5) is 0. The molecule has 106 valence electrons. The number of hydrogen-bond acceptors (Lipinski definition) is 2. The zero-order valence-electron chi connectivity index (χ0n) is 12.7. The lowest BCUT2D eigenvalue weighted by atomic mass is 9.67. The third kappa shape index (κ3) is 3.08. The minimum absolute atomic E-state index is 0.126. The number of rotatable bonds is 6. The fraction of sp³-hybridized carbons (Fsp3) is 1.00. The zero-order valence-corrected chi connectivity index (χ0v) is 12.7. The van der Waals surface area contributed by atoms with Gasteiger partial charge in [-0.25, -0.2) is 0 Å². The Kier molecular flexibility index (Phi) is 4.38. The molecule has 0 aliphatic heterocycles. The molecule has 0 aromatic rings. The summed E-state index contributed by atoms with van der Waals surface area (Å²) in [6.07, 6.45) is 7.89. The van der Waals surface area contributed by atoms with E-state index in [1.807, 2.05) is 0 Å². The van der Waals surface area contributed by atoms with Crippen molar-refractivity contribution in [3.05, 3.63) is 0 Å². The first-order valence-electron chi connectivity index (χ1n) is 7.90. The highest BCUT2D eigenvalue weighted by Gasteiger charge is 2.49. The highest BCUT2D eigenvalue weighted by Crippen LogP contribution is 2.48. The van der Waals surface area contributed by atoms with Crippen LogP contribution in [0.1, 0.15) is 66.2 Å². The highest BCUT2D eigenvalue weighted by molar-refractivity contribution is 5.04. The Labute approximate surface area is 113 Å². The third-order valence-corrected chi connectivity index (χ3v) is 4.97. The molecule has 2 nitrogen and oxygen atoms in total. The summed E-state index contributed by atoms with van der Waals surface area (Å²) in [5.74, 6) is 0.873. The molecule has 2 fully saturated rings. The van der Waals surface area contributed by atoms with Crippen molar-refractivity contribution in [2.24, 2.45) is 11.3 Å². The summed E-state index contributed by atoms with van der Waals surface area (Å²) >= 11 is 0. The van der Waals surface area contributed by atoms with Gasteiger partial charge in [0.2, 0.25) is 0 Å². The predicted molar refractivity (Wildman–Crippen MR) is 76.8 cm³/mol. The van der Waals surface area contributed by atoms with E-state index in [4.69, 9.17) is 4.74 Å². The molecule has 1 atom stereocenters.